The van der Waals surface area contributed by atoms with Crippen molar-refractivity contribution in [1.82, 2.24) is 5.32 Å². The van der Waals surface area contributed by atoms with Gasteiger partial charge in [-0.05, 0) is 38.3 Å². The van der Waals surface area contributed by atoms with Gasteiger partial charge < -0.3 is 5.32 Å². The molecule has 162 valence electrons. The Morgan fingerprint density at radius 3 is 2.27 bits per heavy atom. The highest BCUT2D eigenvalue weighted by molar-refractivity contribution is 7.92. The number of nitrogens with one attached hydrogen (secondary N) is 1. The second kappa shape index (κ2) is 9.25. The van der Waals surface area contributed by atoms with Crippen LogP contribution in [0.1, 0.15) is 43.0 Å². The van der Waals surface area contributed by atoms with Gasteiger partial charge in [0.15, 0.2) is 0 Å². The monoisotopic (exact) mass is 433 g/mol. The van der Waals surface area contributed by atoms with Crippen molar-refractivity contribution in [3.05, 3.63) is 69.3 Å². The van der Waals surface area contributed by atoms with E-state index in [0.717, 1.165) is 21.7 Å². The molecule has 1 N–H and O–H groups in total. The second-order valence-electron chi connectivity index (χ2n) is 7.34. The van der Waals surface area contributed by atoms with Crippen LogP contribution in [0, 0.1) is 24.0 Å². The second-order valence-corrected chi connectivity index (χ2v) is 9.20. The first-order chi connectivity index (χ1) is 14.0. The fourth-order valence-corrected chi connectivity index (χ4v) is 4.47. The van der Waals surface area contributed by atoms with E-state index in [-0.39, 0.29) is 17.4 Å². The number of non-ortho nitro benzene ring substituents is 1. The number of aryl methyl sites for hydroxylation is 2. The summed E-state index contributed by atoms with van der Waals surface area (Å²) >= 11 is 0. The highest BCUT2D eigenvalue weighted by atomic mass is 32.2. The van der Waals surface area contributed by atoms with Crippen molar-refractivity contribution in [3.8, 4) is 0 Å². The SMILES string of the molecule is CCC(NC(=O)C(C)N(c1cc([N+](=O)[O-])ccc1C)S(C)(=O)=O)c1ccc(C)cc1. The maximum absolute atomic E-state index is 13.0. The molecule has 8 nitrogen and oxygen atoms in total. The summed E-state index contributed by atoms with van der Waals surface area (Å²) in [5, 5.41) is 14.1. The summed E-state index contributed by atoms with van der Waals surface area (Å²) in [7, 11) is -3.89. The molecule has 0 radical (unpaired) electrons. The van der Waals surface area contributed by atoms with Crippen molar-refractivity contribution in [2.24, 2.45) is 0 Å². The highest BCUT2D eigenvalue weighted by Gasteiger charge is 2.32. The van der Waals surface area contributed by atoms with Crippen LogP contribution in [0.4, 0.5) is 11.4 Å². The largest absolute Gasteiger partial charge is 0.347 e. The first kappa shape index (κ1) is 23.3. The molecule has 0 aliphatic heterocycles. The molecule has 0 saturated carbocycles. The maximum atomic E-state index is 13.0. The number of nitro groups is 1. The minimum absolute atomic E-state index is 0.109. The minimum atomic E-state index is -3.89. The van der Waals surface area contributed by atoms with E-state index in [1.165, 1.54) is 25.1 Å². The molecule has 2 aromatic rings. The van der Waals surface area contributed by atoms with E-state index in [9.17, 15) is 23.3 Å². The van der Waals surface area contributed by atoms with Gasteiger partial charge in [0.2, 0.25) is 15.9 Å². The fraction of sp³-hybridized carbons (Fsp3) is 0.381. The van der Waals surface area contributed by atoms with Crippen molar-refractivity contribution in [2.45, 2.75) is 46.2 Å². The lowest BCUT2D eigenvalue weighted by molar-refractivity contribution is -0.384. The van der Waals surface area contributed by atoms with Gasteiger partial charge in [0.1, 0.15) is 6.04 Å². The Morgan fingerprint density at radius 2 is 1.77 bits per heavy atom. The number of anilines is 1. The van der Waals surface area contributed by atoms with Crippen LogP contribution >= 0.6 is 0 Å². The van der Waals surface area contributed by atoms with Crippen LogP contribution < -0.4 is 9.62 Å². The number of amides is 1. The third kappa shape index (κ3) is 5.35. The first-order valence-corrected chi connectivity index (χ1v) is 11.4. The average molecular weight is 434 g/mol. The molecule has 0 aromatic heterocycles. The van der Waals surface area contributed by atoms with E-state index >= 15 is 0 Å². The summed E-state index contributed by atoms with van der Waals surface area (Å²) in [5.41, 5.74) is 2.38. The number of sulfonamides is 1. The first-order valence-electron chi connectivity index (χ1n) is 9.57. The van der Waals surface area contributed by atoms with Crippen molar-refractivity contribution >= 4 is 27.3 Å². The molecule has 9 heteroatoms. The van der Waals surface area contributed by atoms with Gasteiger partial charge in [-0.3, -0.25) is 19.2 Å². The van der Waals surface area contributed by atoms with E-state index in [1.54, 1.807) is 6.92 Å². The van der Waals surface area contributed by atoms with Gasteiger partial charge in [-0.1, -0.05) is 42.8 Å². The molecule has 2 aromatic carbocycles. The maximum Gasteiger partial charge on any atom is 0.271 e. The Kier molecular flexibility index (Phi) is 7.20. The molecule has 30 heavy (non-hydrogen) atoms. The Bertz CT molecular complexity index is 1040. The molecule has 0 heterocycles. The van der Waals surface area contributed by atoms with Crippen LogP contribution in [0.5, 0.6) is 0 Å². The highest BCUT2D eigenvalue weighted by Crippen LogP contribution is 2.29. The molecular weight excluding hydrogens is 406 g/mol. The topological polar surface area (TPSA) is 110 Å². The molecule has 0 spiro atoms. The summed E-state index contributed by atoms with van der Waals surface area (Å²) in [6.45, 7) is 7.00. The lowest BCUT2D eigenvalue weighted by Crippen LogP contribution is -2.48. The van der Waals surface area contributed by atoms with E-state index in [4.69, 9.17) is 0 Å². The third-order valence-corrected chi connectivity index (χ3v) is 6.16. The van der Waals surface area contributed by atoms with Crippen LogP contribution in [0.3, 0.4) is 0 Å². The van der Waals surface area contributed by atoms with Crippen molar-refractivity contribution in [3.63, 3.8) is 0 Å². The van der Waals surface area contributed by atoms with Crippen molar-refractivity contribution in [1.29, 1.82) is 0 Å². The van der Waals surface area contributed by atoms with E-state index < -0.39 is 26.9 Å². The molecule has 0 aliphatic carbocycles. The van der Waals surface area contributed by atoms with Crippen LogP contribution in [-0.2, 0) is 14.8 Å². The van der Waals surface area contributed by atoms with Gasteiger partial charge in [-0.2, -0.15) is 0 Å². The average Bonchev–Trinajstić information content (AvgIpc) is 2.67. The summed E-state index contributed by atoms with van der Waals surface area (Å²) < 4.78 is 26.0. The standard InChI is InChI=1S/C21H27N3O5S/c1-6-19(17-10-7-14(2)8-11-17)22-21(25)16(4)23(30(5,28)29)20-13-18(24(26)27)12-9-15(20)3/h7-13,16,19H,6H2,1-5H3,(H,22,25). The molecule has 2 unspecified atom stereocenters. The third-order valence-electron chi connectivity index (χ3n) is 4.93. The summed E-state index contributed by atoms with van der Waals surface area (Å²) in [5.74, 6) is -0.487. The fourth-order valence-electron chi connectivity index (χ4n) is 3.24. The number of benzene rings is 2. The van der Waals surface area contributed by atoms with Gasteiger partial charge in [0, 0.05) is 12.1 Å². The number of carbonyl (C=O) groups is 1. The quantitative estimate of drug-likeness (QED) is 0.505. The molecule has 2 rings (SSSR count). The van der Waals surface area contributed by atoms with Gasteiger partial charge in [0.05, 0.1) is 22.9 Å². The molecule has 0 saturated heterocycles. The molecule has 0 fully saturated rings. The normalized spacial score (nSPS) is 13.4. The zero-order chi connectivity index (χ0) is 22.6. The number of rotatable bonds is 8. The number of hydrogen-bond acceptors (Lipinski definition) is 5. The summed E-state index contributed by atoms with van der Waals surface area (Å²) in [6, 6.07) is 10.3. The Morgan fingerprint density at radius 1 is 1.17 bits per heavy atom. The smallest absolute Gasteiger partial charge is 0.271 e. The molecule has 1 amide bonds. The van der Waals surface area contributed by atoms with Crippen molar-refractivity contribution < 1.29 is 18.1 Å². The van der Waals surface area contributed by atoms with Crippen LogP contribution in [0.25, 0.3) is 0 Å². The number of hydrogen-bond donors (Lipinski definition) is 1. The molecule has 2 atom stereocenters. The van der Waals surface area contributed by atoms with Crippen LogP contribution in [0.2, 0.25) is 0 Å². The number of nitro benzene ring substituents is 1. The minimum Gasteiger partial charge on any atom is -0.347 e. The Hall–Kier alpha value is -2.94. The summed E-state index contributed by atoms with van der Waals surface area (Å²) in [6.07, 6.45) is 1.60. The lowest BCUT2D eigenvalue weighted by Gasteiger charge is -2.30. The van der Waals surface area contributed by atoms with E-state index in [0.29, 0.717) is 12.0 Å². The molecule has 0 bridgehead atoms. The number of carbonyl (C=O) groups excluding carboxylic acids is 1. The Balaban J connectivity index is 2.39. The molecule has 0 aliphatic rings. The van der Waals surface area contributed by atoms with Crippen LogP contribution in [-0.4, -0.2) is 31.5 Å². The predicted octanol–water partition coefficient (Wildman–Crippen LogP) is 3.63. The predicted molar refractivity (Wildman–Crippen MR) is 117 cm³/mol. The van der Waals surface area contributed by atoms with E-state index in [1.807, 2.05) is 38.1 Å². The zero-order valence-corrected chi connectivity index (χ0v) is 18.6. The number of nitrogens with zero attached hydrogens (tertiary/aromatic N) is 2. The van der Waals surface area contributed by atoms with Crippen LogP contribution in [0.15, 0.2) is 42.5 Å². The van der Waals surface area contributed by atoms with E-state index in [2.05, 4.69) is 5.32 Å². The van der Waals surface area contributed by atoms with Gasteiger partial charge in [-0.15, -0.1) is 0 Å². The lowest BCUT2D eigenvalue weighted by atomic mass is 10.0. The van der Waals surface area contributed by atoms with Gasteiger partial charge in [0.25, 0.3) is 5.69 Å². The van der Waals surface area contributed by atoms with Crippen molar-refractivity contribution in [2.75, 3.05) is 10.6 Å². The zero-order valence-electron chi connectivity index (χ0n) is 17.7. The summed E-state index contributed by atoms with van der Waals surface area (Å²) in [4.78, 5) is 23.6. The Labute approximate surface area is 177 Å². The van der Waals surface area contributed by atoms with Gasteiger partial charge >= 0.3 is 0 Å². The van der Waals surface area contributed by atoms with Gasteiger partial charge in [-0.25, -0.2) is 8.42 Å². The molecular formula is C21H27N3O5S.